The first-order chi connectivity index (χ1) is 15.5. The molecule has 0 aliphatic carbocycles. The van der Waals surface area contributed by atoms with Crippen molar-refractivity contribution in [3.8, 4) is 17.2 Å². The van der Waals surface area contributed by atoms with Crippen molar-refractivity contribution in [2.75, 3.05) is 14.2 Å². The van der Waals surface area contributed by atoms with E-state index in [1.807, 2.05) is 30.3 Å². The summed E-state index contributed by atoms with van der Waals surface area (Å²) in [4.78, 5) is 24.7. The van der Waals surface area contributed by atoms with Crippen LogP contribution in [-0.2, 0) is 11.2 Å². The molecule has 7 nitrogen and oxygen atoms in total. The van der Waals surface area contributed by atoms with Crippen LogP contribution in [0.5, 0.6) is 17.2 Å². The van der Waals surface area contributed by atoms with Crippen LogP contribution in [-0.4, -0.2) is 32.3 Å². The molecule has 1 amide bonds. The van der Waals surface area contributed by atoms with Gasteiger partial charge in [-0.25, -0.2) is 10.2 Å². The van der Waals surface area contributed by atoms with Gasteiger partial charge in [-0.2, -0.15) is 5.10 Å². The number of nitrogens with one attached hydrogen (secondary N) is 1. The van der Waals surface area contributed by atoms with Gasteiger partial charge < -0.3 is 14.2 Å². The van der Waals surface area contributed by atoms with Gasteiger partial charge in [0.25, 0.3) is 0 Å². The van der Waals surface area contributed by atoms with Crippen LogP contribution in [0.15, 0.2) is 76.3 Å². The van der Waals surface area contributed by atoms with Gasteiger partial charge in [-0.3, -0.25) is 4.79 Å². The Hall–Kier alpha value is -3.65. The van der Waals surface area contributed by atoms with Crippen molar-refractivity contribution >= 4 is 34.0 Å². The lowest BCUT2D eigenvalue weighted by Crippen LogP contribution is -2.19. The molecule has 0 aliphatic rings. The third-order valence-electron chi connectivity index (χ3n) is 4.39. The van der Waals surface area contributed by atoms with Gasteiger partial charge in [0.05, 0.1) is 32.4 Å². The summed E-state index contributed by atoms with van der Waals surface area (Å²) in [5.41, 5.74) is 4.17. The van der Waals surface area contributed by atoms with Gasteiger partial charge in [-0.15, -0.1) is 0 Å². The molecule has 8 heteroatoms. The summed E-state index contributed by atoms with van der Waals surface area (Å²) in [7, 11) is 3.00. The molecule has 0 radical (unpaired) electrons. The Kier molecular flexibility index (Phi) is 7.99. The van der Waals surface area contributed by atoms with Crippen LogP contribution in [0, 0.1) is 0 Å². The van der Waals surface area contributed by atoms with Crippen LogP contribution in [0.1, 0.15) is 21.5 Å². The molecule has 0 atom stereocenters. The normalized spacial score (nSPS) is 10.6. The standard InChI is InChI=1S/C24H21BrN2O5/c1-30-21-10-8-17(14-22(21)31-2)24(29)32-20-11-9-19(25)13-18(20)15-26-27-23(28)12-16-6-4-3-5-7-16/h3-11,13-15H,12H2,1-2H3,(H,27,28). The number of hydrogen-bond donors (Lipinski definition) is 1. The van der Waals surface area contributed by atoms with Crippen molar-refractivity contribution in [1.29, 1.82) is 0 Å². The topological polar surface area (TPSA) is 86.2 Å². The molecule has 0 fully saturated rings. The van der Waals surface area contributed by atoms with E-state index in [-0.39, 0.29) is 18.1 Å². The molecule has 0 saturated heterocycles. The average Bonchev–Trinajstić information content (AvgIpc) is 2.80. The molecule has 0 saturated carbocycles. The number of ether oxygens (including phenoxy) is 3. The zero-order valence-electron chi connectivity index (χ0n) is 17.5. The SMILES string of the molecule is COc1ccc(C(=O)Oc2ccc(Br)cc2C=NNC(=O)Cc2ccccc2)cc1OC. The average molecular weight is 497 g/mol. The predicted molar refractivity (Wildman–Crippen MR) is 125 cm³/mol. The molecule has 0 aromatic heterocycles. The van der Waals surface area contributed by atoms with Gasteiger partial charge in [0.1, 0.15) is 5.75 Å². The van der Waals surface area contributed by atoms with Gasteiger partial charge in [0.2, 0.25) is 5.91 Å². The van der Waals surface area contributed by atoms with Crippen LogP contribution in [0.3, 0.4) is 0 Å². The van der Waals surface area contributed by atoms with E-state index in [9.17, 15) is 9.59 Å². The maximum atomic E-state index is 12.7. The zero-order chi connectivity index (χ0) is 22.9. The highest BCUT2D eigenvalue weighted by atomic mass is 79.9. The number of hydrogen-bond acceptors (Lipinski definition) is 6. The number of esters is 1. The number of nitrogens with zero attached hydrogens (tertiary/aromatic N) is 1. The summed E-state index contributed by atoms with van der Waals surface area (Å²) < 4.78 is 16.7. The fourth-order valence-corrected chi connectivity index (χ4v) is 3.21. The fraction of sp³-hybridized carbons (Fsp3) is 0.125. The zero-order valence-corrected chi connectivity index (χ0v) is 19.1. The number of amides is 1. The predicted octanol–water partition coefficient (Wildman–Crippen LogP) is 4.38. The van der Waals surface area contributed by atoms with Gasteiger partial charge in [0.15, 0.2) is 11.5 Å². The lowest BCUT2D eigenvalue weighted by molar-refractivity contribution is -0.120. The number of hydrazone groups is 1. The van der Waals surface area contributed by atoms with Gasteiger partial charge >= 0.3 is 5.97 Å². The summed E-state index contributed by atoms with van der Waals surface area (Å²) in [6.45, 7) is 0. The minimum Gasteiger partial charge on any atom is -0.493 e. The number of rotatable bonds is 8. The van der Waals surface area contributed by atoms with E-state index in [0.29, 0.717) is 22.6 Å². The van der Waals surface area contributed by atoms with Crippen LogP contribution in [0.2, 0.25) is 0 Å². The molecule has 0 spiro atoms. The summed E-state index contributed by atoms with van der Waals surface area (Å²) in [6, 6.07) is 19.2. The van der Waals surface area contributed by atoms with E-state index >= 15 is 0 Å². The number of methoxy groups -OCH3 is 2. The first-order valence-electron chi connectivity index (χ1n) is 9.59. The van der Waals surface area contributed by atoms with Crippen LogP contribution < -0.4 is 19.6 Å². The third kappa shape index (κ3) is 6.18. The summed E-state index contributed by atoms with van der Waals surface area (Å²) in [5.74, 6) is 0.379. The second-order valence-electron chi connectivity index (χ2n) is 6.60. The van der Waals surface area contributed by atoms with E-state index in [1.54, 1.807) is 30.3 Å². The summed E-state index contributed by atoms with van der Waals surface area (Å²) >= 11 is 3.39. The van der Waals surface area contributed by atoms with E-state index in [4.69, 9.17) is 14.2 Å². The Morgan fingerprint density at radius 1 is 0.938 bits per heavy atom. The first kappa shape index (κ1) is 23.0. The number of carbonyl (C=O) groups excluding carboxylic acids is 2. The largest absolute Gasteiger partial charge is 0.493 e. The first-order valence-corrected chi connectivity index (χ1v) is 10.4. The molecule has 3 aromatic carbocycles. The molecule has 32 heavy (non-hydrogen) atoms. The van der Waals surface area contributed by atoms with Gasteiger partial charge in [0, 0.05) is 10.0 Å². The Morgan fingerprint density at radius 2 is 1.66 bits per heavy atom. The number of carbonyl (C=O) groups is 2. The molecule has 3 aromatic rings. The number of halogens is 1. The maximum Gasteiger partial charge on any atom is 0.343 e. The minimum absolute atomic E-state index is 0.206. The third-order valence-corrected chi connectivity index (χ3v) is 4.89. The Morgan fingerprint density at radius 3 is 2.38 bits per heavy atom. The van der Waals surface area contributed by atoms with Crippen molar-refractivity contribution in [2.45, 2.75) is 6.42 Å². The van der Waals surface area contributed by atoms with E-state index in [1.165, 1.54) is 26.5 Å². The van der Waals surface area contributed by atoms with Crippen LogP contribution in [0.25, 0.3) is 0 Å². The second-order valence-corrected chi connectivity index (χ2v) is 7.51. The van der Waals surface area contributed by atoms with E-state index in [2.05, 4.69) is 26.5 Å². The van der Waals surface area contributed by atoms with Gasteiger partial charge in [-0.1, -0.05) is 46.3 Å². The van der Waals surface area contributed by atoms with Crippen LogP contribution >= 0.6 is 15.9 Å². The monoisotopic (exact) mass is 496 g/mol. The Bertz CT molecular complexity index is 1130. The second kappa shape index (κ2) is 11.1. The number of benzene rings is 3. The van der Waals surface area contributed by atoms with Crippen molar-refractivity contribution in [2.24, 2.45) is 5.10 Å². The smallest absolute Gasteiger partial charge is 0.343 e. The molecule has 1 N–H and O–H groups in total. The van der Waals surface area contributed by atoms with Crippen molar-refractivity contribution < 1.29 is 23.8 Å². The molecule has 0 bridgehead atoms. The highest BCUT2D eigenvalue weighted by molar-refractivity contribution is 9.10. The van der Waals surface area contributed by atoms with Crippen LogP contribution in [0.4, 0.5) is 0 Å². The molecule has 164 valence electrons. The molecular weight excluding hydrogens is 476 g/mol. The molecule has 3 rings (SSSR count). The van der Waals surface area contributed by atoms with E-state index < -0.39 is 5.97 Å². The highest BCUT2D eigenvalue weighted by Crippen LogP contribution is 2.29. The maximum absolute atomic E-state index is 12.7. The van der Waals surface area contributed by atoms with Gasteiger partial charge in [-0.05, 0) is 42.0 Å². The van der Waals surface area contributed by atoms with E-state index in [0.717, 1.165) is 10.0 Å². The lowest BCUT2D eigenvalue weighted by atomic mass is 10.1. The summed E-state index contributed by atoms with van der Waals surface area (Å²) in [5, 5.41) is 4.00. The van der Waals surface area contributed by atoms with Crippen molar-refractivity contribution in [1.82, 2.24) is 5.43 Å². The quantitative estimate of drug-likeness (QED) is 0.216. The Balaban J connectivity index is 1.71. The summed E-state index contributed by atoms with van der Waals surface area (Å²) in [6.07, 6.45) is 1.63. The lowest BCUT2D eigenvalue weighted by Gasteiger charge is -2.11. The molecule has 0 aliphatic heterocycles. The van der Waals surface area contributed by atoms with Crippen molar-refractivity contribution in [3.05, 3.63) is 87.9 Å². The molecular formula is C24H21BrN2O5. The Labute approximate surface area is 194 Å². The fourth-order valence-electron chi connectivity index (χ4n) is 2.83. The highest BCUT2D eigenvalue weighted by Gasteiger charge is 2.15. The van der Waals surface area contributed by atoms with Crippen molar-refractivity contribution in [3.63, 3.8) is 0 Å². The molecule has 0 heterocycles. The molecule has 0 unspecified atom stereocenters. The minimum atomic E-state index is -0.573.